The summed E-state index contributed by atoms with van der Waals surface area (Å²) in [6.45, 7) is 0. The molecule has 0 bridgehead atoms. The highest BCUT2D eigenvalue weighted by molar-refractivity contribution is 14.1. The van der Waals surface area contributed by atoms with Crippen molar-refractivity contribution in [2.24, 2.45) is 0 Å². The van der Waals surface area contributed by atoms with Crippen molar-refractivity contribution in [3.05, 3.63) is 45.1 Å². The quantitative estimate of drug-likeness (QED) is 0.585. The number of furan rings is 1. The van der Waals surface area contributed by atoms with Crippen LogP contribution in [0.4, 0.5) is 0 Å². The molecular weight excluding hydrogens is 387 g/mol. The van der Waals surface area contributed by atoms with E-state index >= 15 is 0 Å². The van der Waals surface area contributed by atoms with Crippen molar-refractivity contribution in [2.75, 3.05) is 14.2 Å². The number of hydrogen-bond donors (Lipinski definition) is 0. The lowest BCUT2D eigenvalue weighted by atomic mass is 10.1. The number of fused-ring (bicyclic) bond motifs is 1. The minimum atomic E-state index is -0.237. The van der Waals surface area contributed by atoms with Crippen LogP contribution < -0.4 is 14.2 Å². The second kappa shape index (κ2) is 5.44. The Balaban J connectivity index is 2.13. The van der Waals surface area contributed by atoms with Gasteiger partial charge in [-0.1, -0.05) is 0 Å². The monoisotopic (exact) mass is 398 g/mol. The predicted octanol–water partition coefficient (Wildman–Crippen LogP) is 3.52. The Hall–Kier alpha value is -1.96. The van der Waals surface area contributed by atoms with Gasteiger partial charge in [0.15, 0.2) is 11.5 Å². The number of carbonyl (C=O) groups is 1. The summed E-state index contributed by atoms with van der Waals surface area (Å²) in [7, 11) is 3.06. The van der Waals surface area contributed by atoms with E-state index in [0.717, 1.165) is 3.57 Å². The van der Waals surface area contributed by atoms with Gasteiger partial charge >= 0.3 is 0 Å². The topological polar surface area (TPSA) is 57.9 Å². The number of rotatable bonds is 3. The Morgan fingerprint density at radius 3 is 2.62 bits per heavy atom. The lowest BCUT2D eigenvalue weighted by Gasteiger charge is -2.10. The number of halogens is 1. The number of hydrogen-bond acceptors (Lipinski definition) is 5. The molecule has 0 unspecified atom stereocenters. The molecule has 0 aliphatic carbocycles. The molecule has 0 saturated heterocycles. The third-order valence-electron chi connectivity index (χ3n) is 3.07. The van der Waals surface area contributed by atoms with Crippen molar-refractivity contribution in [3.8, 4) is 17.2 Å². The normalized spacial score (nSPS) is 15.0. The molecule has 0 amide bonds. The van der Waals surface area contributed by atoms with Crippen molar-refractivity contribution in [1.82, 2.24) is 0 Å². The molecule has 5 nitrogen and oxygen atoms in total. The van der Waals surface area contributed by atoms with Crippen LogP contribution in [0.25, 0.3) is 6.08 Å². The third kappa shape index (κ3) is 2.29. The van der Waals surface area contributed by atoms with Crippen LogP contribution in [0, 0.1) is 3.57 Å². The minimum absolute atomic E-state index is 0.199. The molecule has 0 radical (unpaired) electrons. The van der Waals surface area contributed by atoms with E-state index in [-0.39, 0.29) is 11.5 Å². The van der Waals surface area contributed by atoms with Crippen LogP contribution in [0.15, 0.2) is 34.6 Å². The fourth-order valence-corrected chi connectivity index (χ4v) is 2.84. The smallest absolute Gasteiger partial charge is 0.235 e. The Kier molecular flexibility index (Phi) is 3.62. The maximum atomic E-state index is 12.5. The number of methoxy groups -OCH3 is 2. The molecule has 6 heteroatoms. The molecular formula is C15H11IO5. The maximum Gasteiger partial charge on any atom is 0.235 e. The first-order valence-electron chi connectivity index (χ1n) is 6.08. The van der Waals surface area contributed by atoms with Crippen LogP contribution in [0.2, 0.25) is 0 Å². The van der Waals surface area contributed by atoms with E-state index in [9.17, 15) is 4.79 Å². The van der Waals surface area contributed by atoms with Gasteiger partial charge in [-0.25, -0.2) is 0 Å². The van der Waals surface area contributed by atoms with E-state index in [4.69, 9.17) is 18.6 Å². The summed E-state index contributed by atoms with van der Waals surface area (Å²) in [6.07, 6.45) is 3.09. The molecule has 2 heterocycles. The number of ketones is 1. The molecule has 3 rings (SSSR count). The Labute approximate surface area is 134 Å². The molecule has 0 fully saturated rings. The summed E-state index contributed by atoms with van der Waals surface area (Å²) < 4.78 is 22.2. The second-order valence-corrected chi connectivity index (χ2v) is 5.33. The van der Waals surface area contributed by atoms with Crippen LogP contribution in [0.3, 0.4) is 0 Å². The highest BCUT2D eigenvalue weighted by atomic mass is 127. The van der Waals surface area contributed by atoms with E-state index < -0.39 is 0 Å². The summed E-state index contributed by atoms with van der Waals surface area (Å²) in [5, 5.41) is 0. The molecule has 0 N–H and O–H groups in total. The average molecular weight is 398 g/mol. The van der Waals surface area contributed by atoms with Crippen LogP contribution in [-0.4, -0.2) is 20.0 Å². The zero-order chi connectivity index (χ0) is 15.0. The first-order chi connectivity index (χ1) is 10.2. The first kappa shape index (κ1) is 14.0. The van der Waals surface area contributed by atoms with Gasteiger partial charge in [0.05, 0.1) is 24.1 Å². The number of carbonyl (C=O) groups excluding carboxylic acids is 1. The summed E-state index contributed by atoms with van der Waals surface area (Å²) >= 11 is 2.08. The number of ether oxygens (including phenoxy) is 3. The first-order valence-corrected chi connectivity index (χ1v) is 7.15. The molecule has 0 spiro atoms. The number of Topliss-reactive ketones (excluding diaryl/α,β-unsaturated/α-hetero) is 1. The van der Waals surface area contributed by atoms with Crippen molar-refractivity contribution in [3.63, 3.8) is 0 Å². The minimum Gasteiger partial charge on any atom is -0.496 e. The lowest BCUT2D eigenvalue weighted by Crippen LogP contribution is -2.00. The molecule has 2 aromatic rings. The summed E-state index contributed by atoms with van der Waals surface area (Å²) in [4.78, 5) is 12.5. The predicted molar refractivity (Wildman–Crippen MR) is 83.9 cm³/mol. The molecule has 1 aliphatic heterocycles. The summed E-state index contributed by atoms with van der Waals surface area (Å²) in [5.74, 6) is 1.98. The van der Waals surface area contributed by atoms with Crippen LogP contribution in [0.1, 0.15) is 16.1 Å². The van der Waals surface area contributed by atoms with Gasteiger partial charge in [0, 0.05) is 12.1 Å². The molecule has 21 heavy (non-hydrogen) atoms. The van der Waals surface area contributed by atoms with Crippen molar-refractivity contribution < 1.29 is 23.4 Å². The molecule has 1 aromatic carbocycles. The van der Waals surface area contributed by atoms with Gasteiger partial charge in [-0.3, -0.25) is 4.79 Å². The van der Waals surface area contributed by atoms with Crippen LogP contribution in [-0.2, 0) is 0 Å². The van der Waals surface area contributed by atoms with Crippen molar-refractivity contribution in [1.29, 1.82) is 0 Å². The fraction of sp³-hybridized carbons (Fsp3) is 0.133. The highest BCUT2D eigenvalue weighted by Crippen LogP contribution is 2.45. The Morgan fingerprint density at radius 1 is 1.24 bits per heavy atom. The van der Waals surface area contributed by atoms with Gasteiger partial charge < -0.3 is 18.6 Å². The lowest BCUT2D eigenvalue weighted by molar-refractivity contribution is 0.101. The van der Waals surface area contributed by atoms with Gasteiger partial charge in [0.1, 0.15) is 22.8 Å². The van der Waals surface area contributed by atoms with Crippen LogP contribution >= 0.6 is 22.6 Å². The maximum absolute atomic E-state index is 12.5. The van der Waals surface area contributed by atoms with E-state index in [1.54, 1.807) is 31.4 Å². The Morgan fingerprint density at radius 2 is 2.00 bits per heavy atom. The van der Waals surface area contributed by atoms with E-state index in [2.05, 4.69) is 22.6 Å². The second-order valence-electron chi connectivity index (χ2n) is 4.25. The van der Waals surface area contributed by atoms with Crippen molar-refractivity contribution >= 4 is 34.5 Å². The molecule has 1 aliphatic rings. The SMILES string of the molecule is COc1cc(OC)c2c(c1I)OC(=Cc1ccco1)C2=O. The van der Waals surface area contributed by atoms with E-state index in [1.807, 2.05) is 0 Å². The summed E-state index contributed by atoms with van der Waals surface area (Å²) in [5.41, 5.74) is 0.403. The van der Waals surface area contributed by atoms with Gasteiger partial charge in [0.25, 0.3) is 0 Å². The zero-order valence-electron chi connectivity index (χ0n) is 11.3. The van der Waals surface area contributed by atoms with Crippen LogP contribution in [0.5, 0.6) is 17.2 Å². The zero-order valence-corrected chi connectivity index (χ0v) is 13.5. The highest BCUT2D eigenvalue weighted by Gasteiger charge is 2.35. The van der Waals surface area contributed by atoms with Gasteiger partial charge in [-0.2, -0.15) is 0 Å². The fourth-order valence-electron chi connectivity index (χ4n) is 2.09. The largest absolute Gasteiger partial charge is 0.496 e. The Bertz CT molecular complexity index is 731. The van der Waals surface area contributed by atoms with Gasteiger partial charge in [-0.05, 0) is 34.7 Å². The summed E-state index contributed by atoms with van der Waals surface area (Å²) in [6, 6.07) is 5.17. The van der Waals surface area contributed by atoms with Gasteiger partial charge in [0.2, 0.25) is 5.78 Å². The third-order valence-corrected chi connectivity index (χ3v) is 4.09. The van der Waals surface area contributed by atoms with E-state index in [1.165, 1.54) is 13.4 Å². The number of benzene rings is 1. The standard InChI is InChI=1S/C15H11IO5/c1-18-9-7-10(19-2)13(16)15-12(9)14(17)11(21-15)6-8-4-3-5-20-8/h3-7H,1-2H3. The molecule has 108 valence electrons. The average Bonchev–Trinajstić information content (AvgIpc) is 3.10. The number of allylic oxidation sites excluding steroid dienone is 1. The van der Waals surface area contributed by atoms with E-state index in [0.29, 0.717) is 28.6 Å². The van der Waals surface area contributed by atoms with Crippen molar-refractivity contribution in [2.45, 2.75) is 0 Å². The molecule has 0 atom stereocenters. The molecule has 1 aromatic heterocycles. The van der Waals surface area contributed by atoms with Gasteiger partial charge in [-0.15, -0.1) is 0 Å². The molecule has 0 saturated carbocycles.